The van der Waals surface area contributed by atoms with Gasteiger partial charge < -0.3 is 29.6 Å². The highest BCUT2D eigenvalue weighted by molar-refractivity contribution is 5.79. The molecule has 0 heterocycles. The summed E-state index contributed by atoms with van der Waals surface area (Å²) in [5.74, 6) is 3.37. The number of hydrogen-bond donors (Lipinski definition) is 2. The molecule has 2 aromatic rings. The van der Waals surface area contributed by atoms with E-state index in [-0.39, 0.29) is 0 Å². The van der Waals surface area contributed by atoms with Crippen LogP contribution in [-0.4, -0.2) is 40.9 Å². The van der Waals surface area contributed by atoms with Crippen LogP contribution in [0.1, 0.15) is 18.1 Å². The zero-order valence-electron chi connectivity index (χ0n) is 17.2. The molecule has 0 amide bonds. The van der Waals surface area contributed by atoms with Crippen LogP contribution < -0.4 is 29.6 Å². The number of guanidine groups is 1. The Morgan fingerprint density at radius 3 is 2.32 bits per heavy atom. The van der Waals surface area contributed by atoms with Crippen LogP contribution in [0.3, 0.4) is 0 Å². The lowest BCUT2D eigenvalue weighted by Crippen LogP contribution is -2.36. The van der Waals surface area contributed by atoms with E-state index in [1.807, 2.05) is 43.3 Å². The quantitative estimate of drug-likeness (QED) is 0.509. The van der Waals surface area contributed by atoms with Gasteiger partial charge in [0.25, 0.3) is 0 Å². The van der Waals surface area contributed by atoms with Gasteiger partial charge in [0.15, 0.2) is 17.5 Å². The Morgan fingerprint density at radius 1 is 0.893 bits per heavy atom. The molecule has 0 unspecified atom stereocenters. The van der Waals surface area contributed by atoms with Gasteiger partial charge in [-0.05, 0) is 36.8 Å². The fraction of sp³-hybridized carbons (Fsp3) is 0.381. The molecule has 0 atom stereocenters. The van der Waals surface area contributed by atoms with Crippen LogP contribution in [0.5, 0.6) is 23.0 Å². The molecule has 152 valence electrons. The predicted octanol–water partition coefficient (Wildman–Crippen LogP) is 2.98. The fourth-order valence-electron chi connectivity index (χ4n) is 2.76. The van der Waals surface area contributed by atoms with Crippen molar-refractivity contribution in [1.82, 2.24) is 10.6 Å². The predicted molar refractivity (Wildman–Crippen MR) is 111 cm³/mol. The van der Waals surface area contributed by atoms with Gasteiger partial charge in [0, 0.05) is 18.7 Å². The Balaban J connectivity index is 2.14. The van der Waals surface area contributed by atoms with Crippen molar-refractivity contribution in [1.29, 1.82) is 0 Å². The molecule has 2 rings (SSSR count). The minimum atomic E-state index is 0.521. The van der Waals surface area contributed by atoms with Gasteiger partial charge in [0.05, 0.1) is 35.0 Å². The summed E-state index contributed by atoms with van der Waals surface area (Å²) in [6.45, 7) is 3.84. The van der Waals surface area contributed by atoms with Crippen LogP contribution in [0.4, 0.5) is 0 Å². The number of methoxy groups -OCH3 is 4. The number of aliphatic imine (C=N–C) groups is 1. The second-order valence-electron chi connectivity index (χ2n) is 5.89. The van der Waals surface area contributed by atoms with E-state index in [1.54, 1.807) is 28.4 Å². The normalized spacial score (nSPS) is 11.0. The van der Waals surface area contributed by atoms with Crippen molar-refractivity contribution in [3.63, 3.8) is 0 Å². The smallest absolute Gasteiger partial charge is 0.203 e. The topological polar surface area (TPSA) is 73.3 Å². The molecule has 0 fully saturated rings. The van der Waals surface area contributed by atoms with E-state index in [4.69, 9.17) is 18.9 Å². The van der Waals surface area contributed by atoms with Gasteiger partial charge in [-0.2, -0.15) is 0 Å². The average Bonchev–Trinajstić information content (AvgIpc) is 2.74. The Bertz CT molecular complexity index is 793. The first kappa shape index (κ1) is 21.2. The molecule has 2 N–H and O–H groups in total. The number of nitrogens with zero attached hydrogens (tertiary/aromatic N) is 1. The summed E-state index contributed by atoms with van der Waals surface area (Å²) in [6, 6.07) is 11.7. The molecule has 28 heavy (non-hydrogen) atoms. The monoisotopic (exact) mass is 387 g/mol. The van der Waals surface area contributed by atoms with E-state index >= 15 is 0 Å². The summed E-state index contributed by atoms with van der Waals surface area (Å²) in [5.41, 5.74) is 2.01. The van der Waals surface area contributed by atoms with E-state index < -0.39 is 0 Å². The summed E-state index contributed by atoms with van der Waals surface area (Å²) in [4.78, 5) is 4.65. The number of nitrogens with one attached hydrogen (secondary N) is 2. The van der Waals surface area contributed by atoms with Gasteiger partial charge in [-0.1, -0.05) is 12.1 Å². The molecule has 0 aliphatic rings. The summed E-state index contributed by atoms with van der Waals surface area (Å²) in [7, 11) is 6.47. The number of ether oxygens (including phenoxy) is 4. The third-order valence-electron chi connectivity index (χ3n) is 4.13. The first-order valence-electron chi connectivity index (χ1n) is 9.09. The van der Waals surface area contributed by atoms with Crippen molar-refractivity contribution in [2.45, 2.75) is 20.0 Å². The second kappa shape index (κ2) is 10.9. The fourth-order valence-corrected chi connectivity index (χ4v) is 2.76. The molecule has 0 radical (unpaired) electrons. The van der Waals surface area contributed by atoms with Crippen LogP contribution in [0.2, 0.25) is 0 Å². The molecule has 7 nitrogen and oxygen atoms in total. The lowest BCUT2D eigenvalue weighted by atomic mass is 10.1. The van der Waals surface area contributed by atoms with Crippen LogP contribution in [-0.2, 0) is 13.1 Å². The summed E-state index contributed by atoms with van der Waals surface area (Å²) in [6.07, 6.45) is 0. The molecule has 0 spiro atoms. The number of rotatable bonds is 9. The first-order chi connectivity index (χ1) is 13.7. The number of hydrogen-bond acceptors (Lipinski definition) is 5. The third kappa shape index (κ3) is 5.45. The molecule has 0 saturated carbocycles. The van der Waals surface area contributed by atoms with Crippen molar-refractivity contribution in [2.24, 2.45) is 4.99 Å². The Morgan fingerprint density at radius 2 is 1.68 bits per heavy atom. The van der Waals surface area contributed by atoms with E-state index in [1.165, 1.54) is 0 Å². The Hall–Kier alpha value is -3.09. The van der Waals surface area contributed by atoms with Crippen molar-refractivity contribution >= 4 is 5.96 Å². The lowest BCUT2D eigenvalue weighted by molar-refractivity contribution is 0.322. The highest BCUT2D eigenvalue weighted by atomic mass is 16.5. The zero-order valence-corrected chi connectivity index (χ0v) is 17.2. The van der Waals surface area contributed by atoms with Gasteiger partial charge in [-0.3, -0.25) is 0 Å². The van der Waals surface area contributed by atoms with Crippen LogP contribution in [0.15, 0.2) is 41.4 Å². The Kier molecular flexibility index (Phi) is 8.27. The third-order valence-corrected chi connectivity index (χ3v) is 4.13. The average molecular weight is 387 g/mol. The van der Waals surface area contributed by atoms with Gasteiger partial charge in [-0.25, -0.2) is 4.99 Å². The van der Waals surface area contributed by atoms with Crippen molar-refractivity contribution < 1.29 is 18.9 Å². The molecular formula is C21H29N3O4. The molecule has 2 aromatic carbocycles. The van der Waals surface area contributed by atoms with Crippen LogP contribution in [0.25, 0.3) is 0 Å². The maximum atomic E-state index is 5.54. The molecule has 7 heteroatoms. The van der Waals surface area contributed by atoms with E-state index in [9.17, 15) is 0 Å². The van der Waals surface area contributed by atoms with Gasteiger partial charge in [0.1, 0.15) is 5.75 Å². The van der Waals surface area contributed by atoms with E-state index in [0.29, 0.717) is 36.3 Å². The first-order valence-corrected chi connectivity index (χ1v) is 9.09. The standard InChI is InChI=1S/C21H29N3O4/c1-6-22-21(23-13-15-8-7-9-17(12-15)25-2)24-14-16-10-11-18(26-3)20(28-5)19(16)27-4/h7-12H,6,13-14H2,1-5H3,(H2,22,23,24). The minimum Gasteiger partial charge on any atom is -0.497 e. The maximum Gasteiger partial charge on any atom is 0.203 e. The molecule has 0 aromatic heterocycles. The van der Waals surface area contributed by atoms with E-state index in [0.717, 1.165) is 23.4 Å². The van der Waals surface area contributed by atoms with Gasteiger partial charge in [-0.15, -0.1) is 0 Å². The van der Waals surface area contributed by atoms with Crippen LogP contribution >= 0.6 is 0 Å². The van der Waals surface area contributed by atoms with Crippen molar-refractivity contribution in [2.75, 3.05) is 35.0 Å². The van der Waals surface area contributed by atoms with Gasteiger partial charge in [0.2, 0.25) is 5.75 Å². The summed E-state index contributed by atoms with van der Waals surface area (Å²) >= 11 is 0. The highest BCUT2D eigenvalue weighted by Gasteiger charge is 2.15. The molecule has 0 bridgehead atoms. The molecule has 0 aliphatic heterocycles. The van der Waals surface area contributed by atoms with Gasteiger partial charge >= 0.3 is 0 Å². The zero-order chi connectivity index (χ0) is 20.4. The highest BCUT2D eigenvalue weighted by Crippen LogP contribution is 2.39. The molecular weight excluding hydrogens is 358 g/mol. The summed E-state index contributed by atoms with van der Waals surface area (Å²) < 4.78 is 21.6. The Labute approximate surface area is 166 Å². The minimum absolute atomic E-state index is 0.521. The largest absolute Gasteiger partial charge is 0.497 e. The maximum absolute atomic E-state index is 5.54. The lowest BCUT2D eigenvalue weighted by Gasteiger charge is -2.17. The number of benzene rings is 2. The van der Waals surface area contributed by atoms with Crippen molar-refractivity contribution in [3.05, 3.63) is 47.5 Å². The summed E-state index contributed by atoms with van der Waals surface area (Å²) in [5, 5.41) is 6.58. The van der Waals surface area contributed by atoms with Crippen molar-refractivity contribution in [3.8, 4) is 23.0 Å². The van der Waals surface area contributed by atoms with E-state index in [2.05, 4.69) is 15.6 Å². The van der Waals surface area contributed by atoms with Crippen LogP contribution in [0, 0.1) is 0 Å². The molecule has 0 aliphatic carbocycles. The second-order valence-corrected chi connectivity index (χ2v) is 5.89. The molecule has 0 saturated heterocycles. The SMILES string of the molecule is CCNC(=NCc1cccc(OC)c1)NCc1ccc(OC)c(OC)c1OC.